The average molecular weight is 266 g/mol. The fourth-order valence-electron chi connectivity index (χ4n) is 3.36. The molecule has 0 bridgehead atoms. The summed E-state index contributed by atoms with van der Waals surface area (Å²) in [6.45, 7) is 3.03. The molecule has 1 aliphatic heterocycles. The van der Waals surface area contributed by atoms with Crippen LogP contribution >= 0.6 is 0 Å². The van der Waals surface area contributed by atoms with Crippen molar-refractivity contribution in [1.29, 1.82) is 0 Å². The molecule has 0 spiro atoms. The maximum absolute atomic E-state index is 6.12. The van der Waals surface area contributed by atoms with Gasteiger partial charge in [0.2, 0.25) is 0 Å². The Morgan fingerprint density at radius 2 is 1.50 bits per heavy atom. The van der Waals surface area contributed by atoms with Crippen LogP contribution in [0.2, 0.25) is 0 Å². The van der Waals surface area contributed by atoms with Gasteiger partial charge in [-0.1, -0.05) is 74.0 Å². The van der Waals surface area contributed by atoms with E-state index in [9.17, 15) is 0 Å². The van der Waals surface area contributed by atoms with Crippen molar-refractivity contribution in [2.24, 2.45) is 0 Å². The predicted molar refractivity (Wildman–Crippen MR) is 82.9 cm³/mol. The van der Waals surface area contributed by atoms with Gasteiger partial charge in [0.25, 0.3) is 0 Å². The van der Waals surface area contributed by atoms with E-state index in [4.69, 9.17) is 4.74 Å². The van der Waals surface area contributed by atoms with Crippen molar-refractivity contribution in [3.8, 4) is 0 Å². The van der Waals surface area contributed by atoms with Crippen LogP contribution in [-0.2, 0) is 10.2 Å². The lowest BCUT2D eigenvalue weighted by molar-refractivity contribution is 0.0990. The van der Waals surface area contributed by atoms with Crippen LogP contribution in [0.15, 0.2) is 60.7 Å². The second-order valence-electron chi connectivity index (χ2n) is 5.74. The Morgan fingerprint density at radius 3 is 2.00 bits per heavy atom. The van der Waals surface area contributed by atoms with Crippen LogP contribution in [0.5, 0.6) is 0 Å². The Hall–Kier alpha value is -1.60. The van der Waals surface area contributed by atoms with Gasteiger partial charge in [0.05, 0.1) is 12.7 Å². The standard InChI is InChI=1S/C19H22O/c1-2-9-18-14-19(15-20-18,16-10-5-3-6-11-16)17-12-7-4-8-13-17/h3-8,10-13,18H,2,9,14-15H2,1H3. The second-order valence-corrected chi connectivity index (χ2v) is 5.74. The minimum absolute atomic E-state index is 0.0301. The first-order valence-corrected chi connectivity index (χ1v) is 7.58. The molecule has 104 valence electrons. The minimum Gasteiger partial charge on any atom is -0.377 e. The Bertz CT molecular complexity index is 493. The van der Waals surface area contributed by atoms with E-state index < -0.39 is 0 Å². The van der Waals surface area contributed by atoms with Crippen LogP contribution in [0.4, 0.5) is 0 Å². The fraction of sp³-hybridized carbons (Fsp3) is 0.368. The maximum atomic E-state index is 6.12. The van der Waals surface area contributed by atoms with E-state index in [1.54, 1.807) is 0 Å². The largest absolute Gasteiger partial charge is 0.377 e. The van der Waals surface area contributed by atoms with E-state index in [0.29, 0.717) is 6.10 Å². The SMILES string of the molecule is CCCC1CC(c2ccccc2)(c2ccccc2)CO1. The molecule has 2 aromatic carbocycles. The third kappa shape index (κ3) is 2.38. The van der Waals surface area contributed by atoms with Gasteiger partial charge >= 0.3 is 0 Å². The van der Waals surface area contributed by atoms with Gasteiger partial charge in [-0.25, -0.2) is 0 Å². The van der Waals surface area contributed by atoms with Gasteiger partial charge < -0.3 is 4.74 Å². The third-order valence-corrected chi connectivity index (χ3v) is 4.40. The molecule has 0 aromatic heterocycles. The zero-order chi connectivity index (χ0) is 13.8. The van der Waals surface area contributed by atoms with Crippen LogP contribution < -0.4 is 0 Å². The van der Waals surface area contributed by atoms with E-state index in [0.717, 1.165) is 19.4 Å². The summed E-state index contributed by atoms with van der Waals surface area (Å²) in [4.78, 5) is 0. The summed E-state index contributed by atoms with van der Waals surface area (Å²) >= 11 is 0. The Morgan fingerprint density at radius 1 is 0.950 bits per heavy atom. The molecule has 1 unspecified atom stereocenters. The molecule has 0 aliphatic carbocycles. The Labute approximate surface area is 121 Å². The van der Waals surface area contributed by atoms with E-state index in [-0.39, 0.29) is 5.41 Å². The normalized spacial score (nSPS) is 20.9. The fourth-order valence-corrected chi connectivity index (χ4v) is 3.36. The van der Waals surface area contributed by atoms with E-state index in [1.165, 1.54) is 17.5 Å². The summed E-state index contributed by atoms with van der Waals surface area (Å²) in [5.74, 6) is 0. The van der Waals surface area contributed by atoms with E-state index >= 15 is 0 Å². The summed E-state index contributed by atoms with van der Waals surface area (Å²) in [5.41, 5.74) is 2.79. The van der Waals surface area contributed by atoms with Crippen LogP contribution in [0.25, 0.3) is 0 Å². The lowest BCUT2D eigenvalue weighted by atomic mass is 9.72. The molecular weight excluding hydrogens is 244 g/mol. The smallest absolute Gasteiger partial charge is 0.0608 e. The van der Waals surface area contributed by atoms with Gasteiger partial charge in [-0.3, -0.25) is 0 Å². The molecule has 1 heteroatoms. The predicted octanol–water partition coefficient (Wildman–Crippen LogP) is 4.56. The van der Waals surface area contributed by atoms with Crippen molar-refractivity contribution in [3.05, 3.63) is 71.8 Å². The van der Waals surface area contributed by atoms with E-state index in [2.05, 4.69) is 67.6 Å². The molecule has 0 amide bonds. The van der Waals surface area contributed by atoms with Crippen molar-refractivity contribution in [2.75, 3.05) is 6.61 Å². The highest BCUT2D eigenvalue weighted by molar-refractivity contribution is 5.40. The second kappa shape index (κ2) is 5.80. The molecule has 1 fully saturated rings. The Balaban J connectivity index is 2.01. The van der Waals surface area contributed by atoms with Crippen molar-refractivity contribution >= 4 is 0 Å². The lowest BCUT2D eigenvalue weighted by Crippen LogP contribution is -2.28. The molecule has 1 heterocycles. The molecule has 20 heavy (non-hydrogen) atoms. The summed E-state index contributed by atoms with van der Waals surface area (Å²) < 4.78 is 6.12. The molecule has 0 radical (unpaired) electrons. The van der Waals surface area contributed by atoms with Gasteiger partial charge in [0.1, 0.15) is 0 Å². The first-order chi connectivity index (χ1) is 9.85. The number of benzene rings is 2. The highest BCUT2D eigenvalue weighted by Gasteiger charge is 2.42. The topological polar surface area (TPSA) is 9.23 Å². The van der Waals surface area contributed by atoms with Gasteiger partial charge in [0, 0.05) is 5.41 Å². The molecule has 1 atom stereocenters. The van der Waals surface area contributed by atoms with Crippen LogP contribution in [0, 0.1) is 0 Å². The first kappa shape index (κ1) is 13.4. The zero-order valence-corrected chi connectivity index (χ0v) is 12.1. The van der Waals surface area contributed by atoms with Crippen molar-refractivity contribution in [1.82, 2.24) is 0 Å². The van der Waals surface area contributed by atoms with Crippen LogP contribution in [0.1, 0.15) is 37.3 Å². The highest BCUT2D eigenvalue weighted by Crippen LogP contribution is 2.43. The Kier molecular flexibility index (Phi) is 3.88. The molecule has 0 N–H and O–H groups in total. The maximum Gasteiger partial charge on any atom is 0.0608 e. The minimum atomic E-state index is 0.0301. The van der Waals surface area contributed by atoms with Gasteiger partial charge in [-0.15, -0.1) is 0 Å². The average Bonchev–Trinajstić information content (AvgIpc) is 2.95. The van der Waals surface area contributed by atoms with E-state index in [1.807, 2.05) is 0 Å². The first-order valence-electron chi connectivity index (χ1n) is 7.58. The quantitative estimate of drug-likeness (QED) is 0.788. The van der Waals surface area contributed by atoms with Gasteiger partial charge in [0.15, 0.2) is 0 Å². The summed E-state index contributed by atoms with van der Waals surface area (Å²) in [6, 6.07) is 21.7. The monoisotopic (exact) mass is 266 g/mol. The molecule has 1 aliphatic rings. The van der Waals surface area contributed by atoms with Crippen LogP contribution in [-0.4, -0.2) is 12.7 Å². The number of ether oxygens (including phenoxy) is 1. The number of hydrogen-bond donors (Lipinski definition) is 0. The highest BCUT2D eigenvalue weighted by atomic mass is 16.5. The molecule has 1 saturated heterocycles. The van der Waals surface area contributed by atoms with Crippen molar-refractivity contribution < 1.29 is 4.74 Å². The zero-order valence-electron chi connectivity index (χ0n) is 12.1. The number of rotatable bonds is 4. The summed E-state index contributed by atoms with van der Waals surface area (Å²) in [7, 11) is 0. The third-order valence-electron chi connectivity index (χ3n) is 4.40. The molecule has 0 saturated carbocycles. The molecule has 1 nitrogen and oxygen atoms in total. The number of hydrogen-bond acceptors (Lipinski definition) is 1. The van der Waals surface area contributed by atoms with Crippen LogP contribution in [0.3, 0.4) is 0 Å². The molecule has 3 rings (SSSR count). The molecular formula is C19H22O. The summed E-state index contributed by atoms with van der Waals surface area (Å²) in [6.07, 6.45) is 3.82. The summed E-state index contributed by atoms with van der Waals surface area (Å²) in [5, 5.41) is 0. The molecule has 2 aromatic rings. The van der Waals surface area contributed by atoms with Crippen molar-refractivity contribution in [3.63, 3.8) is 0 Å². The van der Waals surface area contributed by atoms with Gasteiger partial charge in [-0.2, -0.15) is 0 Å². The van der Waals surface area contributed by atoms with Gasteiger partial charge in [-0.05, 0) is 24.0 Å². The van der Waals surface area contributed by atoms with Crippen molar-refractivity contribution in [2.45, 2.75) is 37.7 Å². The lowest BCUT2D eigenvalue weighted by Gasteiger charge is -2.29.